The SMILES string of the molecule is COc1ccc(Br)c(C(=O)NCCc2ccnn2C)c1. The summed E-state index contributed by atoms with van der Waals surface area (Å²) in [4.78, 5) is 12.1. The average molecular weight is 338 g/mol. The van der Waals surface area contributed by atoms with Crippen LogP contribution in [0.25, 0.3) is 0 Å². The maximum atomic E-state index is 12.1. The van der Waals surface area contributed by atoms with Crippen LogP contribution in [0.5, 0.6) is 5.75 Å². The van der Waals surface area contributed by atoms with Crippen molar-refractivity contribution in [1.82, 2.24) is 15.1 Å². The first-order valence-corrected chi connectivity index (χ1v) is 6.99. The van der Waals surface area contributed by atoms with Gasteiger partial charge in [0, 0.05) is 36.4 Å². The second kappa shape index (κ2) is 6.56. The van der Waals surface area contributed by atoms with Gasteiger partial charge in [0.05, 0.1) is 12.7 Å². The Hall–Kier alpha value is -1.82. The van der Waals surface area contributed by atoms with Crippen molar-refractivity contribution in [2.45, 2.75) is 6.42 Å². The molecule has 0 radical (unpaired) electrons. The van der Waals surface area contributed by atoms with Crippen molar-refractivity contribution in [3.8, 4) is 5.75 Å². The van der Waals surface area contributed by atoms with Gasteiger partial charge >= 0.3 is 0 Å². The number of benzene rings is 1. The van der Waals surface area contributed by atoms with Crippen LogP contribution < -0.4 is 10.1 Å². The molecule has 1 aromatic heterocycles. The Morgan fingerprint density at radius 2 is 2.25 bits per heavy atom. The van der Waals surface area contributed by atoms with Crippen molar-refractivity contribution in [2.24, 2.45) is 7.05 Å². The Morgan fingerprint density at radius 1 is 1.45 bits per heavy atom. The lowest BCUT2D eigenvalue weighted by Gasteiger charge is -2.08. The third kappa shape index (κ3) is 3.39. The van der Waals surface area contributed by atoms with Crippen molar-refractivity contribution in [2.75, 3.05) is 13.7 Å². The largest absolute Gasteiger partial charge is 0.497 e. The number of amides is 1. The monoisotopic (exact) mass is 337 g/mol. The molecule has 0 saturated heterocycles. The fraction of sp³-hybridized carbons (Fsp3) is 0.286. The van der Waals surface area contributed by atoms with E-state index in [1.54, 1.807) is 36.2 Å². The highest BCUT2D eigenvalue weighted by atomic mass is 79.9. The summed E-state index contributed by atoms with van der Waals surface area (Å²) in [7, 11) is 3.46. The van der Waals surface area contributed by atoms with E-state index in [0.29, 0.717) is 17.9 Å². The van der Waals surface area contributed by atoms with Gasteiger partial charge in [-0.2, -0.15) is 5.10 Å². The van der Waals surface area contributed by atoms with E-state index in [-0.39, 0.29) is 5.91 Å². The number of aromatic nitrogens is 2. The topological polar surface area (TPSA) is 56.1 Å². The standard InChI is InChI=1S/C14H16BrN3O2/c1-18-10(6-8-17-18)5-7-16-14(19)12-9-11(20-2)3-4-13(12)15/h3-4,6,8-9H,5,7H2,1-2H3,(H,16,19). The lowest BCUT2D eigenvalue weighted by atomic mass is 10.2. The van der Waals surface area contributed by atoms with Crippen LogP contribution in [0.4, 0.5) is 0 Å². The molecule has 0 aliphatic heterocycles. The third-order valence-electron chi connectivity index (χ3n) is 3.01. The quantitative estimate of drug-likeness (QED) is 0.909. The number of aryl methyl sites for hydroxylation is 1. The minimum atomic E-state index is -0.127. The Balaban J connectivity index is 1.96. The number of hydrogen-bond donors (Lipinski definition) is 1. The summed E-state index contributed by atoms with van der Waals surface area (Å²) < 4.78 is 7.67. The van der Waals surface area contributed by atoms with Crippen LogP contribution in [0.2, 0.25) is 0 Å². The minimum Gasteiger partial charge on any atom is -0.497 e. The molecule has 0 saturated carbocycles. The molecule has 6 heteroatoms. The molecule has 5 nitrogen and oxygen atoms in total. The zero-order valence-electron chi connectivity index (χ0n) is 11.4. The molecule has 0 spiro atoms. The zero-order chi connectivity index (χ0) is 14.5. The van der Waals surface area contributed by atoms with Gasteiger partial charge in [-0.15, -0.1) is 0 Å². The van der Waals surface area contributed by atoms with Crippen molar-refractivity contribution in [3.05, 3.63) is 46.2 Å². The second-order valence-electron chi connectivity index (χ2n) is 4.30. The summed E-state index contributed by atoms with van der Waals surface area (Å²) in [5.41, 5.74) is 1.64. The van der Waals surface area contributed by atoms with Gasteiger partial charge in [0.25, 0.3) is 5.91 Å². The first kappa shape index (κ1) is 14.6. The van der Waals surface area contributed by atoms with E-state index >= 15 is 0 Å². The first-order valence-electron chi connectivity index (χ1n) is 6.20. The van der Waals surface area contributed by atoms with E-state index in [9.17, 15) is 4.79 Å². The summed E-state index contributed by atoms with van der Waals surface area (Å²) in [6, 6.07) is 7.25. The number of carbonyl (C=O) groups is 1. The number of nitrogens with one attached hydrogen (secondary N) is 1. The third-order valence-corrected chi connectivity index (χ3v) is 3.70. The summed E-state index contributed by atoms with van der Waals surface area (Å²) in [6.07, 6.45) is 2.49. The molecule has 0 atom stereocenters. The predicted octanol–water partition coefficient (Wildman–Crippen LogP) is 2.16. The van der Waals surface area contributed by atoms with Crippen LogP contribution in [-0.4, -0.2) is 29.3 Å². The van der Waals surface area contributed by atoms with E-state index < -0.39 is 0 Å². The van der Waals surface area contributed by atoms with Crippen LogP contribution >= 0.6 is 15.9 Å². The minimum absolute atomic E-state index is 0.127. The van der Waals surface area contributed by atoms with Crippen LogP contribution in [0.3, 0.4) is 0 Å². The number of halogens is 1. The van der Waals surface area contributed by atoms with E-state index in [1.165, 1.54) is 0 Å². The van der Waals surface area contributed by atoms with Gasteiger partial charge in [-0.3, -0.25) is 9.48 Å². The Labute approximate surface area is 126 Å². The number of hydrogen-bond acceptors (Lipinski definition) is 3. The van der Waals surface area contributed by atoms with Gasteiger partial charge in [0.2, 0.25) is 0 Å². The number of methoxy groups -OCH3 is 1. The highest BCUT2D eigenvalue weighted by Gasteiger charge is 2.11. The van der Waals surface area contributed by atoms with Crippen LogP contribution in [0, 0.1) is 0 Å². The fourth-order valence-electron chi connectivity index (χ4n) is 1.85. The molecule has 1 aromatic carbocycles. The lowest BCUT2D eigenvalue weighted by molar-refractivity contribution is 0.0953. The van der Waals surface area contributed by atoms with Gasteiger partial charge < -0.3 is 10.1 Å². The molecule has 1 N–H and O–H groups in total. The number of nitrogens with zero attached hydrogens (tertiary/aromatic N) is 2. The predicted molar refractivity (Wildman–Crippen MR) is 79.9 cm³/mol. The molecular weight excluding hydrogens is 322 g/mol. The van der Waals surface area contributed by atoms with E-state index in [0.717, 1.165) is 16.6 Å². The Bertz CT molecular complexity index is 610. The number of carbonyl (C=O) groups excluding carboxylic acids is 1. The Morgan fingerprint density at radius 3 is 2.90 bits per heavy atom. The normalized spacial score (nSPS) is 10.3. The summed E-state index contributed by atoms with van der Waals surface area (Å²) >= 11 is 3.37. The molecule has 1 amide bonds. The maximum Gasteiger partial charge on any atom is 0.252 e. The van der Waals surface area contributed by atoms with E-state index in [4.69, 9.17) is 4.74 Å². The molecule has 2 aromatic rings. The first-order chi connectivity index (χ1) is 9.61. The summed E-state index contributed by atoms with van der Waals surface area (Å²) in [5.74, 6) is 0.530. The van der Waals surface area contributed by atoms with Crippen LogP contribution in [-0.2, 0) is 13.5 Å². The van der Waals surface area contributed by atoms with Gasteiger partial charge in [-0.1, -0.05) is 0 Å². The Kier molecular flexibility index (Phi) is 4.79. The lowest BCUT2D eigenvalue weighted by Crippen LogP contribution is -2.26. The maximum absolute atomic E-state index is 12.1. The number of ether oxygens (including phenoxy) is 1. The summed E-state index contributed by atoms with van der Waals surface area (Å²) in [5, 5.41) is 6.98. The van der Waals surface area contributed by atoms with Crippen molar-refractivity contribution < 1.29 is 9.53 Å². The van der Waals surface area contributed by atoms with Crippen LogP contribution in [0.15, 0.2) is 34.9 Å². The average Bonchev–Trinajstić information content (AvgIpc) is 2.85. The highest BCUT2D eigenvalue weighted by molar-refractivity contribution is 9.10. The molecule has 0 fully saturated rings. The summed E-state index contributed by atoms with van der Waals surface area (Å²) in [6.45, 7) is 0.558. The molecular formula is C14H16BrN3O2. The fourth-order valence-corrected chi connectivity index (χ4v) is 2.28. The molecule has 0 unspecified atom stereocenters. The second-order valence-corrected chi connectivity index (χ2v) is 5.15. The smallest absolute Gasteiger partial charge is 0.252 e. The van der Waals surface area contributed by atoms with Crippen molar-refractivity contribution in [3.63, 3.8) is 0 Å². The molecule has 2 rings (SSSR count). The molecule has 0 aliphatic carbocycles. The van der Waals surface area contributed by atoms with E-state index in [1.807, 2.05) is 13.1 Å². The highest BCUT2D eigenvalue weighted by Crippen LogP contribution is 2.22. The van der Waals surface area contributed by atoms with Crippen molar-refractivity contribution >= 4 is 21.8 Å². The van der Waals surface area contributed by atoms with Crippen molar-refractivity contribution in [1.29, 1.82) is 0 Å². The number of rotatable bonds is 5. The zero-order valence-corrected chi connectivity index (χ0v) is 13.0. The molecule has 106 valence electrons. The van der Waals surface area contributed by atoms with Gasteiger partial charge in [0.1, 0.15) is 5.75 Å². The molecule has 20 heavy (non-hydrogen) atoms. The van der Waals surface area contributed by atoms with E-state index in [2.05, 4.69) is 26.3 Å². The molecule has 0 bridgehead atoms. The van der Waals surface area contributed by atoms with Gasteiger partial charge in [-0.25, -0.2) is 0 Å². The van der Waals surface area contributed by atoms with Gasteiger partial charge in [-0.05, 0) is 40.2 Å². The molecule has 1 heterocycles. The molecule has 0 aliphatic rings. The van der Waals surface area contributed by atoms with Crippen LogP contribution in [0.1, 0.15) is 16.1 Å². The van der Waals surface area contributed by atoms with Gasteiger partial charge in [0.15, 0.2) is 0 Å².